The van der Waals surface area contributed by atoms with E-state index < -0.39 is 0 Å². The Morgan fingerprint density at radius 2 is 1.96 bits per heavy atom. The van der Waals surface area contributed by atoms with Crippen molar-refractivity contribution in [1.82, 2.24) is 29.9 Å². The van der Waals surface area contributed by atoms with Gasteiger partial charge in [-0.3, -0.25) is 4.79 Å². The topological polar surface area (TPSA) is 89.7 Å². The molecule has 4 aromatic rings. The van der Waals surface area contributed by atoms with Crippen LogP contribution < -0.4 is 10.6 Å². The SMILES string of the molecule is Cn1cc(CC(=O)NCCNc2ccc(-n3cccn3)nn2)c2ccccc21. The van der Waals surface area contributed by atoms with Crippen molar-refractivity contribution in [3.8, 4) is 5.82 Å². The molecule has 3 aromatic heterocycles. The van der Waals surface area contributed by atoms with Crippen molar-refractivity contribution >= 4 is 22.6 Å². The maximum Gasteiger partial charge on any atom is 0.224 e. The molecule has 0 saturated heterocycles. The maximum absolute atomic E-state index is 12.3. The van der Waals surface area contributed by atoms with Crippen LogP contribution in [0.4, 0.5) is 5.82 Å². The first-order valence-electron chi connectivity index (χ1n) is 9.08. The molecular weight excluding hydrogens is 354 g/mol. The predicted octanol–water partition coefficient (Wildman–Crippen LogP) is 1.92. The number of nitrogens with one attached hydrogen (secondary N) is 2. The van der Waals surface area contributed by atoms with Gasteiger partial charge in [-0.25, -0.2) is 4.68 Å². The number of rotatable bonds is 7. The van der Waals surface area contributed by atoms with Gasteiger partial charge in [0.25, 0.3) is 0 Å². The summed E-state index contributed by atoms with van der Waals surface area (Å²) in [7, 11) is 1.99. The molecule has 142 valence electrons. The highest BCUT2D eigenvalue weighted by atomic mass is 16.1. The van der Waals surface area contributed by atoms with Gasteiger partial charge in [-0.15, -0.1) is 10.2 Å². The van der Waals surface area contributed by atoms with Gasteiger partial charge in [-0.05, 0) is 29.8 Å². The molecule has 0 aliphatic carbocycles. The number of fused-ring (bicyclic) bond motifs is 1. The lowest BCUT2D eigenvalue weighted by Gasteiger charge is -2.07. The van der Waals surface area contributed by atoms with Crippen LogP contribution in [0.3, 0.4) is 0 Å². The quantitative estimate of drug-likeness (QED) is 0.482. The van der Waals surface area contributed by atoms with Crippen LogP contribution in [0.5, 0.6) is 0 Å². The highest BCUT2D eigenvalue weighted by Crippen LogP contribution is 2.20. The lowest BCUT2D eigenvalue weighted by atomic mass is 10.1. The van der Waals surface area contributed by atoms with Crippen LogP contribution in [0.25, 0.3) is 16.7 Å². The van der Waals surface area contributed by atoms with E-state index in [0.29, 0.717) is 31.1 Å². The van der Waals surface area contributed by atoms with Crippen molar-refractivity contribution in [2.24, 2.45) is 7.05 Å². The predicted molar refractivity (Wildman–Crippen MR) is 107 cm³/mol. The van der Waals surface area contributed by atoms with Crippen molar-refractivity contribution < 1.29 is 4.79 Å². The minimum Gasteiger partial charge on any atom is -0.367 e. The van der Waals surface area contributed by atoms with Crippen LogP contribution in [0.2, 0.25) is 0 Å². The first-order chi connectivity index (χ1) is 13.7. The highest BCUT2D eigenvalue weighted by Gasteiger charge is 2.10. The summed E-state index contributed by atoms with van der Waals surface area (Å²) in [6, 6.07) is 13.6. The van der Waals surface area contributed by atoms with E-state index in [4.69, 9.17) is 0 Å². The standard InChI is InChI=1S/C20H21N7O/c1-26-14-15(16-5-2-3-6-17(16)26)13-20(28)22-11-10-21-18-7-8-19(25-24-18)27-12-4-9-23-27/h2-9,12,14H,10-11,13H2,1H3,(H,21,24)(H,22,28). The summed E-state index contributed by atoms with van der Waals surface area (Å²) >= 11 is 0. The lowest BCUT2D eigenvalue weighted by Crippen LogP contribution is -2.30. The summed E-state index contributed by atoms with van der Waals surface area (Å²) < 4.78 is 3.69. The number of anilines is 1. The number of amides is 1. The van der Waals surface area contributed by atoms with Crippen LogP contribution in [0.15, 0.2) is 61.1 Å². The minimum absolute atomic E-state index is 0.00160. The van der Waals surface area contributed by atoms with E-state index in [2.05, 4.69) is 32.0 Å². The largest absolute Gasteiger partial charge is 0.367 e. The lowest BCUT2D eigenvalue weighted by molar-refractivity contribution is -0.120. The molecule has 0 saturated carbocycles. The van der Waals surface area contributed by atoms with Crippen LogP contribution in [-0.2, 0) is 18.3 Å². The Morgan fingerprint density at radius 1 is 1.07 bits per heavy atom. The molecule has 0 aliphatic rings. The molecular formula is C20H21N7O. The molecule has 1 aromatic carbocycles. The van der Waals surface area contributed by atoms with Gasteiger partial charge in [0.15, 0.2) is 5.82 Å². The fourth-order valence-corrected chi connectivity index (χ4v) is 3.14. The van der Waals surface area contributed by atoms with E-state index in [9.17, 15) is 4.79 Å². The Hall–Kier alpha value is -3.68. The molecule has 0 unspecified atom stereocenters. The molecule has 3 heterocycles. The zero-order chi connectivity index (χ0) is 19.3. The van der Waals surface area contributed by atoms with Gasteiger partial charge in [-0.2, -0.15) is 5.10 Å². The summed E-state index contributed by atoms with van der Waals surface area (Å²) in [6.07, 6.45) is 5.87. The third-order valence-electron chi connectivity index (χ3n) is 4.47. The van der Waals surface area contributed by atoms with Crippen LogP contribution in [0, 0.1) is 0 Å². The molecule has 0 radical (unpaired) electrons. The third kappa shape index (κ3) is 3.85. The second-order valence-electron chi connectivity index (χ2n) is 6.46. The van der Waals surface area contributed by atoms with Gasteiger partial charge >= 0.3 is 0 Å². The second-order valence-corrected chi connectivity index (χ2v) is 6.46. The molecule has 28 heavy (non-hydrogen) atoms. The first-order valence-corrected chi connectivity index (χ1v) is 9.08. The normalized spacial score (nSPS) is 10.9. The van der Waals surface area contributed by atoms with Gasteiger partial charge < -0.3 is 15.2 Å². The molecule has 0 fully saturated rings. The van der Waals surface area contributed by atoms with Gasteiger partial charge in [0.05, 0.1) is 6.42 Å². The Bertz CT molecular complexity index is 1070. The number of hydrogen-bond donors (Lipinski definition) is 2. The van der Waals surface area contributed by atoms with Crippen molar-refractivity contribution in [1.29, 1.82) is 0 Å². The minimum atomic E-state index is -0.00160. The van der Waals surface area contributed by atoms with Gasteiger partial charge in [-0.1, -0.05) is 18.2 Å². The molecule has 0 aliphatic heterocycles. The van der Waals surface area contributed by atoms with Crippen LogP contribution in [0.1, 0.15) is 5.56 Å². The summed E-state index contributed by atoms with van der Waals surface area (Å²) in [4.78, 5) is 12.3. The van der Waals surface area contributed by atoms with Gasteiger partial charge in [0.1, 0.15) is 5.82 Å². The Kier molecular flexibility index (Phi) is 5.01. The monoisotopic (exact) mass is 375 g/mol. The maximum atomic E-state index is 12.3. The first kappa shape index (κ1) is 17.7. The summed E-state index contributed by atoms with van der Waals surface area (Å²) in [5.41, 5.74) is 2.16. The van der Waals surface area contributed by atoms with Crippen molar-refractivity contribution in [3.05, 3.63) is 66.6 Å². The van der Waals surface area contributed by atoms with Crippen molar-refractivity contribution in [2.45, 2.75) is 6.42 Å². The average Bonchev–Trinajstić information content (AvgIpc) is 3.35. The highest BCUT2D eigenvalue weighted by molar-refractivity contribution is 5.89. The summed E-state index contributed by atoms with van der Waals surface area (Å²) in [5.74, 6) is 1.30. The number of para-hydroxylation sites is 1. The number of carbonyl (C=O) groups is 1. The van der Waals surface area contributed by atoms with Gasteiger partial charge in [0, 0.05) is 49.6 Å². The van der Waals surface area contributed by atoms with E-state index in [-0.39, 0.29) is 5.91 Å². The molecule has 0 atom stereocenters. The van der Waals surface area contributed by atoms with E-state index in [1.165, 1.54) is 0 Å². The van der Waals surface area contributed by atoms with Crippen LogP contribution in [-0.4, -0.2) is 43.5 Å². The molecule has 1 amide bonds. The molecule has 2 N–H and O–H groups in total. The van der Waals surface area contributed by atoms with Crippen molar-refractivity contribution in [2.75, 3.05) is 18.4 Å². The number of benzene rings is 1. The average molecular weight is 375 g/mol. The molecule has 4 rings (SSSR count). The van der Waals surface area contributed by atoms with Crippen LogP contribution >= 0.6 is 0 Å². The number of nitrogens with zero attached hydrogens (tertiary/aromatic N) is 5. The van der Waals surface area contributed by atoms with E-state index >= 15 is 0 Å². The number of aromatic nitrogens is 5. The van der Waals surface area contributed by atoms with E-state index in [1.807, 2.05) is 60.4 Å². The number of carbonyl (C=O) groups excluding carboxylic acids is 1. The number of aryl methyl sites for hydroxylation is 1. The Morgan fingerprint density at radius 3 is 2.75 bits per heavy atom. The molecule has 8 heteroatoms. The van der Waals surface area contributed by atoms with E-state index in [1.54, 1.807) is 10.9 Å². The Labute approximate surface area is 162 Å². The fourth-order valence-electron chi connectivity index (χ4n) is 3.14. The van der Waals surface area contributed by atoms with Crippen molar-refractivity contribution in [3.63, 3.8) is 0 Å². The third-order valence-corrected chi connectivity index (χ3v) is 4.47. The second kappa shape index (κ2) is 7.91. The molecule has 0 bridgehead atoms. The zero-order valence-corrected chi connectivity index (χ0v) is 15.5. The number of hydrogen-bond acceptors (Lipinski definition) is 5. The van der Waals surface area contributed by atoms with Gasteiger partial charge in [0.2, 0.25) is 5.91 Å². The molecule has 0 spiro atoms. The summed E-state index contributed by atoms with van der Waals surface area (Å²) in [6.45, 7) is 1.07. The zero-order valence-electron chi connectivity index (χ0n) is 15.5. The molecule has 8 nitrogen and oxygen atoms in total. The summed E-state index contributed by atoms with van der Waals surface area (Å²) in [5, 5.41) is 19.6. The fraction of sp³-hybridized carbons (Fsp3) is 0.200. The Balaban J connectivity index is 1.25. The smallest absolute Gasteiger partial charge is 0.224 e. The van der Waals surface area contributed by atoms with E-state index in [0.717, 1.165) is 16.5 Å².